The van der Waals surface area contributed by atoms with Crippen LogP contribution in [0, 0.1) is 0 Å². The number of carbonyl (C=O) groups is 2. The zero-order valence-electron chi connectivity index (χ0n) is 17.5. The Labute approximate surface area is 183 Å². The monoisotopic (exact) mass is 427 g/mol. The molecule has 0 aliphatic rings. The predicted molar refractivity (Wildman–Crippen MR) is 124 cm³/mol. The van der Waals surface area contributed by atoms with E-state index in [2.05, 4.69) is 22.9 Å². The SMILES string of the molecule is CCCCCCCOc1ccc(C(=O)NC(=S)Nc2ccc(C(=O)NC)cc2)cc1. The van der Waals surface area contributed by atoms with Gasteiger partial charge in [-0.3, -0.25) is 14.9 Å². The summed E-state index contributed by atoms with van der Waals surface area (Å²) in [6.07, 6.45) is 5.94. The molecule has 0 aliphatic heterocycles. The predicted octanol–water partition coefficient (Wildman–Crippen LogP) is 4.52. The summed E-state index contributed by atoms with van der Waals surface area (Å²) < 4.78 is 5.72. The van der Waals surface area contributed by atoms with Crippen molar-refractivity contribution in [3.63, 3.8) is 0 Å². The molecule has 30 heavy (non-hydrogen) atoms. The topological polar surface area (TPSA) is 79.5 Å². The van der Waals surface area contributed by atoms with Crippen molar-refractivity contribution in [2.75, 3.05) is 19.0 Å². The second-order valence-electron chi connectivity index (χ2n) is 6.85. The van der Waals surface area contributed by atoms with Crippen LogP contribution in [0.4, 0.5) is 5.69 Å². The van der Waals surface area contributed by atoms with Gasteiger partial charge in [0.2, 0.25) is 0 Å². The zero-order chi connectivity index (χ0) is 21.8. The summed E-state index contributed by atoms with van der Waals surface area (Å²) in [7, 11) is 1.58. The van der Waals surface area contributed by atoms with E-state index in [-0.39, 0.29) is 16.9 Å². The van der Waals surface area contributed by atoms with Crippen LogP contribution in [0.3, 0.4) is 0 Å². The highest BCUT2D eigenvalue weighted by Gasteiger charge is 2.09. The lowest BCUT2D eigenvalue weighted by atomic mass is 10.2. The molecule has 2 rings (SSSR count). The quantitative estimate of drug-likeness (QED) is 0.384. The van der Waals surface area contributed by atoms with Gasteiger partial charge in [-0.05, 0) is 67.2 Å². The third-order valence-corrected chi connectivity index (χ3v) is 4.70. The molecule has 2 amide bonds. The third-order valence-electron chi connectivity index (χ3n) is 4.49. The van der Waals surface area contributed by atoms with E-state index in [1.165, 1.54) is 25.7 Å². The van der Waals surface area contributed by atoms with Crippen LogP contribution in [-0.4, -0.2) is 30.6 Å². The van der Waals surface area contributed by atoms with Crippen molar-refractivity contribution < 1.29 is 14.3 Å². The second kappa shape index (κ2) is 12.6. The maximum Gasteiger partial charge on any atom is 0.257 e. The number of amides is 2. The smallest absolute Gasteiger partial charge is 0.257 e. The van der Waals surface area contributed by atoms with Crippen LogP contribution >= 0.6 is 12.2 Å². The average molecular weight is 428 g/mol. The van der Waals surface area contributed by atoms with Crippen LogP contribution in [0.15, 0.2) is 48.5 Å². The normalized spacial score (nSPS) is 10.2. The Morgan fingerprint density at radius 2 is 1.47 bits per heavy atom. The zero-order valence-corrected chi connectivity index (χ0v) is 18.3. The first-order valence-electron chi connectivity index (χ1n) is 10.2. The Kier molecular flexibility index (Phi) is 9.80. The van der Waals surface area contributed by atoms with Gasteiger partial charge >= 0.3 is 0 Å². The number of hydrogen-bond acceptors (Lipinski definition) is 4. The lowest BCUT2D eigenvalue weighted by Crippen LogP contribution is -2.34. The Morgan fingerprint density at radius 1 is 0.867 bits per heavy atom. The number of carbonyl (C=O) groups excluding carboxylic acids is 2. The number of benzene rings is 2. The average Bonchev–Trinajstić information content (AvgIpc) is 2.76. The summed E-state index contributed by atoms with van der Waals surface area (Å²) in [6, 6.07) is 13.8. The maximum atomic E-state index is 12.4. The van der Waals surface area contributed by atoms with Crippen molar-refractivity contribution in [1.82, 2.24) is 10.6 Å². The number of rotatable bonds is 10. The minimum atomic E-state index is -0.305. The van der Waals surface area contributed by atoms with Gasteiger partial charge in [0.1, 0.15) is 5.75 Å². The summed E-state index contributed by atoms with van der Waals surface area (Å²) in [5.74, 6) is 0.279. The maximum absolute atomic E-state index is 12.4. The molecule has 0 heterocycles. The van der Waals surface area contributed by atoms with Gasteiger partial charge in [0, 0.05) is 23.9 Å². The van der Waals surface area contributed by atoms with Crippen molar-refractivity contribution in [3.05, 3.63) is 59.7 Å². The van der Waals surface area contributed by atoms with Crippen molar-refractivity contribution in [2.24, 2.45) is 0 Å². The molecule has 2 aromatic carbocycles. The van der Waals surface area contributed by atoms with Gasteiger partial charge < -0.3 is 15.4 Å². The highest BCUT2D eigenvalue weighted by Crippen LogP contribution is 2.14. The Morgan fingerprint density at radius 3 is 2.10 bits per heavy atom. The van der Waals surface area contributed by atoms with Gasteiger partial charge in [-0.25, -0.2) is 0 Å². The largest absolute Gasteiger partial charge is 0.494 e. The molecular weight excluding hydrogens is 398 g/mol. The van der Waals surface area contributed by atoms with E-state index in [0.717, 1.165) is 12.2 Å². The van der Waals surface area contributed by atoms with E-state index in [1.54, 1.807) is 55.6 Å². The minimum Gasteiger partial charge on any atom is -0.494 e. The molecule has 0 spiro atoms. The number of nitrogens with one attached hydrogen (secondary N) is 3. The molecule has 3 N–H and O–H groups in total. The molecule has 0 aliphatic carbocycles. The van der Waals surface area contributed by atoms with E-state index < -0.39 is 0 Å². The fraction of sp³-hybridized carbons (Fsp3) is 0.348. The van der Waals surface area contributed by atoms with Gasteiger partial charge in [0.15, 0.2) is 5.11 Å². The lowest BCUT2D eigenvalue weighted by Gasteiger charge is -2.11. The molecule has 0 saturated heterocycles. The summed E-state index contributed by atoms with van der Waals surface area (Å²) in [5, 5.41) is 8.32. The molecule has 2 aromatic rings. The van der Waals surface area contributed by atoms with Gasteiger partial charge in [0.25, 0.3) is 11.8 Å². The van der Waals surface area contributed by atoms with E-state index in [4.69, 9.17) is 17.0 Å². The number of hydrogen-bond donors (Lipinski definition) is 3. The van der Waals surface area contributed by atoms with E-state index in [9.17, 15) is 9.59 Å². The van der Waals surface area contributed by atoms with Crippen molar-refractivity contribution in [1.29, 1.82) is 0 Å². The molecule has 0 atom stereocenters. The fourth-order valence-electron chi connectivity index (χ4n) is 2.79. The molecule has 0 aromatic heterocycles. The van der Waals surface area contributed by atoms with Crippen LogP contribution in [0.1, 0.15) is 59.7 Å². The molecule has 0 unspecified atom stereocenters. The molecule has 0 saturated carbocycles. The molecule has 7 heteroatoms. The van der Waals surface area contributed by atoms with Gasteiger partial charge in [0.05, 0.1) is 6.61 Å². The molecule has 0 radical (unpaired) electrons. The molecular formula is C23H29N3O3S. The number of anilines is 1. The number of ether oxygens (including phenoxy) is 1. The van der Waals surface area contributed by atoms with Gasteiger partial charge in [-0.1, -0.05) is 32.6 Å². The van der Waals surface area contributed by atoms with E-state index >= 15 is 0 Å². The van der Waals surface area contributed by atoms with E-state index in [0.29, 0.717) is 23.4 Å². The van der Waals surface area contributed by atoms with Crippen LogP contribution in [0.5, 0.6) is 5.75 Å². The molecule has 0 fully saturated rings. The highest BCUT2D eigenvalue weighted by atomic mass is 32.1. The molecule has 6 nitrogen and oxygen atoms in total. The first-order valence-corrected chi connectivity index (χ1v) is 10.6. The Balaban J connectivity index is 1.78. The van der Waals surface area contributed by atoms with Crippen molar-refractivity contribution >= 4 is 34.8 Å². The Bertz CT molecular complexity index is 836. The summed E-state index contributed by atoms with van der Waals surface area (Å²) >= 11 is 5.20. The molecule has 0 bridgehead atoms. The van der Waals surface area contributed by atoms with Crippen molar-refractivity contribution in [3.8, 4) is 5.75 Å². The molecule has 160 valence electrons. The summed E-state index contributed by atoms with van der Waals surface area (Å²) in [4.78, 5) is 23.9. The van der Waals surface area contributed by atoms with Crippen LogP contribution in [-0.2, 0) is 0 Å². The highest BCUT2D eigenvalue weighted by molar-refractivity contribution is 7.80. The first kappa shape index (κ1) is 23.3. The fourth-order valence-corrected chi connectivity index (χ4v) is 3.00. The number of thiocarbonyl (C=S) groups is 1. The Hall–Kier alpha value is -2.93. The van der Waals surface area contributed by atoms with Crippen LogP contribution in [0.25, 0.3) is 0 Å². The van der Waals surface area contributed by atoms with Gasteiger partial charge in [-0.15, -0.1) is 0 Å². The summed E-state index contributed by atoms with van der Waals surface area (Å²) in [5.41, 5.74) is 1.71. The second-order valence-corrected chi connectivity index (χ2v) is 7.26. The first-order chi connectivity index (χ1) is 14.5. The minimum absolute atomic E-state index is 0.165. The number of unbranched alkanes of at least 4 members (excludes halogenated alkanes) is 4. The summed E-state index contributed by atoms with van der Waals surface area (Å²) in [6.45, 7) is 2.88. The van der Waals surface area contributed by atoms with Crippen molar-refractivity contribution in [2.45, 2.75) is 39.0 Å². The van der Waals surface area contributed by atoms with Gasteiger partial charge in [-0.2, -0.15) is 0 Å². The lowest BCUT2D eigenvalue weighted by molar-refractivity contribution is 0.0959. The van der Waals surface area contributed by atoms with Crippen LogP contribution in [0.2, 0.25) is 0 Å². The third kappa shape index (κ3) is 7.83. The standard InChI is InChI=1S/C23H29N3O3S/c1-3-4-5-6-7-16-29-20-14-10-18(11-15-20)22(28)26-23(30)25-19-12-8-17(9-13-19)21(27)24-2/h8-15H,3-7,16H2,1-2H3,(H,24,27)(H2,25,26,28,30). The van der Waals surface area contributed by atoms with Crippen LogP contribution < -0.4 is 20.7 Å². The van der Waals surface area contributed by atoms with E-state index in [1.807, 2.05) is 0 Å².